The number of carbonyl (C=O) groups is 1. The van der Waals surface area contributed by atoms with Gasteiger partial charge in [0.2, 0.25) is 0 Å². The maximum absolute atomic E-state index is 11.6. The maximum Gasteiger partial charge on any atom is 0.307 e. The van der Waals surface area contributed by atoms with Crippen molar-refractivity contribution in [2.45, 2.75) is 13.3 Å². The van der Waals surface area contributed by atoms with Gasteiger partial charge in [0.1, 0.15) is 12.3 Å². The van der Waals surface area contributed by atoms with Gasteiger partial charge in [-0.2, -0.15) is 5.11 Å². The van der Waals surface area contributed by atoms with Crippen molar-refractivity contribution in [3.05, 3.63) is 57.6 Å². The van der Waals surface area contributed by atoms with Crippen LogP contribution in [0.1, 0.15) is 13.3 Å². The number of nitrogens with one attached hydrogen (secondary N) is 1. The van der Waals surface area contributed by atoms with Gasteiger partial charge in [0.05, 0.1) is 28.6 Å². The molecule has 10 heteroatoms. The number of ether oxygens (including phenoxy) is 1. The van der Waals surface area contributed by atoms with Gasteiger partial charge in [-0.15, -0.1) is 5.11 Å². The molecule has 0 bridgehead atoms. The van der Waals surface area contributed by atoms with Crippen LogP contribution < -0.4 is 10.2 Å². The number of nitrogens with zero attached hydrogens (tertiary/aromatic N) is 4. The molecule has 30 heavy (non-hydrogen) atoms. The molecule has 0 fully saturated rings. The van der Waals surface area contributed by atoms with Crippen LogP contribution in [0.15, 0.2) is 52.7 Å². The number of benzene rings is 2. The summed E-state index contributed by atoms with van der Waals surface area (Å²) in [6, 6.07) is 11.4. The van der Waals surface area contributed by atoms with Crippen LogP contribution in [0.4, 0.5) is 22.7 Å². The molecule has 0 radical (unpaired) electrons. The van der Waals surface area contributed by atoms with Gasteiger partial charge in [-0.3, -0.25) is 14.9 Å². The zero-order valence-corrected chi connectivity index (χ0v) is 17.6. The molecule has 9 nitrogen and oxygen atoms in total. The lowest BCUT2D eigenvalue weighted by Crippen LogP contribution is -2.28. The molecule has 0 amide bonds. The van der Waals surface area contributed by atoms with Gasteiger partial charge in [-0.05, 0) is 44.3 Å². The van der Waals surface area contributed by atoms with E-state index in [9.17, 15) is 14.9 Å². The smallest absolute Gasteiger partial charge is 0.307 e. The number of nitro groups is 1. The van der Waals surface area contributed by atoms with Crippen LogP contribution in [0.25, 0.3) is 0 Å². The van der Waals surface area contributed by atoms with Gasteiger partial charge in [0.25, 0.3) is 5.69 Å². The molecule has 2 aromatic carbocycles. The van der Waals surface area contributed by atoms with E-state index < -0.39 is 4.92 Å². The molecule has 0 heterocycles. The minimum atomic E-state index is -0.519. The molecule has 0 aliphatic heterocycles. The van der Waals surface area contributed by atoms with Crippen LogP contribution in [-0.4, -0.2) is 44.2 Å². The van der Waals surface area contributed by atoms with Gasteiger partial charge >= 0.3 is 5.97 Å². The first-order chi connectivity index (χ1) is 14.4. The summed E-state index contributed by atoms with van der Waals surface area (Å²) >= 11 is 6.02. The number of hydrogen-bond acceptors (Lipinski definition) is 8. The second kappa shape index (κ2) is 11.8. The predicted octanol–water partition coefficient (Wildman–Crippen LogP) is 4.64. The number of carbonyl (C=O) groups excluding carboxylic acids is 1. The van der Waals surface area contributed by atoms with E-state index >= 15 is 0 Å². The van der Waals surface area contributed by atoms with Crippen molar-refractivity contribution < 1.29 is 14.5 Å². The quantitative estimate of drug-likeness (QED) is 0.239. The Morgan fingerprint density at radius 2 is 1.97 bits per heavy atom. The van der Waals surface area contributed by atoms with Crippen molar-refractivity contribution in [2.24, 2.45) is 10.2 Å². The van der Waals surface area contributed by atoms with Crippen LogP contribution in [0.5, 0.6) is 0 Å². The highest BCUT2D eigenvalue weighted by molar-refractivity contribution is 6.33. The molecule has 0 saturated carbocycles. The predicted molar refractivity (Wildman–Crippen MR) is 116 cm³/mol. The van der Waals surface area contributed by atoms with Crippen molar-refractivity contribution in [3.63, 3.8) is 0 Å². The number of nitro benzene ring substituents is 1. The van der Waals surface area contributed by atoms with Crippen molar-refractivity contribution >= 4 is 40.3 Å². The highest BCUT2D eigenvalue weighted by Gasteiger charge is 2.09. The van der Waals surface area contributed by atoms with Crippen molar-refractivity contribution in [2.75, 3.05) is 38.2 Å². The van der Waals surface area contributed by atoms with Gasteiger partial charge in [-0.1, -0.05) is 11.6 Å². The van der Waals surface area contributed by atoms with Gasteiger partial charge in [0.15, 0.2) is 0 Å². The van der Waals surface area contributed by atoms with Gasteiger partial charge in [-0.25, -0.2) is 0 Å². The molecule has 2 aromatic rings. The van der Waals surface area contributed by atoms with E-state index in [1.807, 2.05) is 19.1 Å². The Bertz CT molecular complexity index is 889. The zero-order valence-electron chi connectivity index (χ0n) is 16.9. The molecule has 0 aliphatic rings. The van der Waals surface area contributed by atoms with E-state index in [2.05, 4.69) is 20.4 Å². The summed E-state index contributed by atoms with van der Waals surface area (Å²) < 4.78 is 5.23. The molecule has 0 atom stereocenters. The lowest BCUT2D eigenvalue weighted by atomic mass is 10.2. The fraction of sp³-hybridized carbons (Fsp3) is 0.350. The summed E-state index contributed by atoms with van der Waals surface area (Å²) in [5, 5.41) is 22.0. The molecule has 0 unspecified atom stereocenters. The van der Waals surface area contributed by atoms with E-state index in [0.29, 0.717) is 37.5 Å². The van der Waals surface area contributed by atoms with E-state index in [4.69, 9.17) is 16.3 Å². The first-order valence-corrected chi connectivity index (χ1v) is 9.83. The standard InChI is InChI=1S/C20H24ClN5O4/c1-3-25(12-13-30-20(27)10-11-22-2)16-6-4-15(5-7-16)23-24-19-9-8-17(26(28)29)14-18(19)21/h4-9,14,22H,3,10-13H2,1-2H3/b24-23+. The first-order valence-electron chi connectivity index (χ1n) is 9.45. The number of rotatable bonds is 11. The number of azo groups is 1. The number of esters is 1. The lowest BCUT2D eigenvalue weighted by molar-refractivity contribution is -0.384. The molecule has 0 saturated heterocycles. The molecule has 2 rings (SSSR count). The first kappa shape index (κ1) is 23.2. The third kappa shape index (κ3) is 7.09. The Balaban J connectivity index is 1.95. The number of non-ortho nitro benzene ring substituents is 1. The van der Waals surface area contributed by atoms with Crippen molar-refractivity contribution in [3.8, 4) is 0 Å². The third-order valence-electron chi connectivity index (χ3n) is 4.22. The minimum absolute atomic E-state index is 0.101. The number of anilines is 1. The average Bonchev–Trinajstić information content (AvgIpc) is 2.74. The molecule has 0 spiro atoms. The molecule has 0 aromatic heterocycles. The normalized spacial score (nSPS) is 10.9. The summed E-state index contributed by atoms with van der Waals surface area (Å²) in [5.41, 5.74) is 1.83. The highest BCUT2D eigenvalue weighted by Crippen LogP contribution is 2.30. The topological polar surface area (TPSA) is 109 Å². The summed E-state index contributed by atoms with van der Waals surface area (Å²) in [6.07, 6.45) is 0.348. The summed E-state index contributed by atoms with van der Waals surface area (Å²) in [4.78, 5) is 23.9. The fourth-order valence-electron chi connectivity index (χ4n) is 2.57. The second-order valence-electron chi connectivity index (χ2n) is 6.26. The van der Waals surface area contributed by atoms with E-state index in [0.717, 1.165) is 12.2 Å². The number of hydrogen-bond donors (Lipinski definition) is 1. The largest absolute Gasteiger partial charge is 0.464 e. The van der Waals surface area contributed by atoms with E-state index in [1.54, 1.807) is 19.2 Å². The lowest BCUT2D eigenvalue weighted by Gasteiger charge is -2.23. The Kier molecular flexibility index (Phi) is 9.17. The Hall–Kier alpha value is -3.04. The molecular formula is C20H24ClN5O4. The summed E-state index contributed by atoms with van der Waals surface area (Å²) in [5.74, 6) is -0.221. The Labute approximate surface area is 179 Å². The van der Waals surface area contributed by atoms with E-state index in [1.165, 1.54) is 18.2 Å². The van der Waals surface area contributed by atoms with Crippen molar-refractivity contribution in [1.29, 1.82) is 0 Å². The monoisotopic (exact) mass is 433 g/mol. The second-order valence-corrected chi connectivity index (χ2v) is 6.67. The minimum Gasteiger partial charge on any atom is -0.464 e. The van der Waals surface area contributed by atoms with E-state index in [-0.39, 0.29) is 16.7 Å². The van der Waals surface area contributed by atoms with Crippen molar-refractivity contribution in [1.82, 2.24) is 5.32 Å². The van der Waals surface area contributed by atoms with Gasteiger partial charge < -0.3 is 15.0 Å². The number of halogens is 1. The fourth-order valence-corrected chi connectivity index (χ4v) is 2.78. The summed E-state index contributed by atoms with van der Waals surface area (Å²) in [6.45, 7) is 4.27. The van der Waals surface area contributed by atoms with Gasteiger partial charge in [0, 0.05) is 30.9 Å². The molecule has 160 valence electrons. The molecule has 0 aliphatic carbocycles. The zero-order chi connectivity index (χ0) is 21.9. The van der Waals surface area contributed by atoms with Crippen LogP contribution >= 0.6 is 11.6 Å². The van der Waals surface area contributed by atoms with Crippen LogP contribution in [0.2, 0.25) is 5.02 Å². The SMILES string of the molecule is CCN(CCOC(=O)CCNC)c1ccc(/N=N/c2ccc([N+](=O)[O-])cc2Cl)cc1. The summed E-state index contributed by atoms with van der Waals surface area (Å²) in [7, 11) is 1.79. The van der Waals surface area contributed by atoms with Crippen LogP contribution in [-0.2, 0) is 9.53 Å². The molecular weight excluding hydrogens is 410 g/mol. The third-order valence-corrected chi connectivity index (χ3v) is 4.52. The van der Waals surface area contributed by atoms with Crippen LogP contribution in [0.3, 0.4) is 0 Å². The Morgan fingerprint density at radius 1 is 1.23 bits per heavy atom. The molecule has 1 N–H and O–H groups in total. The van der Waals surface area contributed by atoms with Crippen LogP contribution in [0, 0.1) is 10.1 Å². The highest BCUT2D eigenvalue weighted by atomic mass is 35.5. The maximum atomic E-state index is 11.6. The number of likely N-dealkylation sites (N-methyl/N-ethyl adjacent to an activating group) is 1. The average molecular weight is 434 g/mol. The Morgan fingerprint density at radius 3 is 2.57 bits per heavy atom.